The number of nitrogens with one attached hydrogen (secondary N) is 1. The first-order valence-corrected chi connectivity index (χ1v) is 5.90. The highest BCUT2D eigenvalue weighted by Crippen LogP contribution is 2.30. The minimum absolute atomic E-state index is 0.639. The Balaban J connectivity index is 2.13. The van der Waals surface area contributed by atoms with Gasteiger partial charge in [0.2, 0.25) is 5.89 Å². The number of hydrogen-bond donors (Lipinski definition) is 1. The first kappa shape index (κ1) is 10.7. The summed E-state index contributed by atoms with van der Waals surface area (Å²) in [4.78, 5) is 5.31. The molecule has 15 heavy (non-hydrogen) atoms. The molecule has 0 spiro atoms. The summed E-state index contributed by atoms with van der Waals surface area (Å²) in [5.41, 5.74) is 0.913. The lowest BCUT2D eigenvalue weighted by atomic mass is 10.4. The lowest BCUT2D eigenvalue weighted by Gasteiger charge is -1.93. The molecule has 0 bridgehead atoms. The van der Waals surface area contributed by atoms with Crippen molar-refractivity contribution in [2.45, 2.75) is 13.5 Å². The third-order valence-electron chi connectivity index (χ3n) is 1.89. The van der Waals surface area contributed by atoms with Crippen LogP contribution in [0.15, 0.2) is 22.8 Å². The van der Waals surface area contributed by atoms with Crippen molar-refractivity contribution < 1.29 is 4.42 Å². The summed E-state index contributed by atoms with van der Waals surface area (Å²) in [7, 11) is 0. The van der Waals surface area contributed by atoms with E-state index in [1.807, 2.05) is 12.1 Å². The van der Waals surface area contributed by atoms with Crippen LogP contribution in [0.1, 0.15) is 12.6 Å². The van der Waals surface area contributed by atoms with Crippen molar-refractivity contribution >= 4 is 22.9 Å². The molecule has 0 amide bonds. The maximum Gasteiger partial charge on any atom is 0.236 e. The molecule has 0 saturated heterocycles. The number of aromatic nitrogens is 1. The van der Waals surface area contributed by atoms with Gasteiger partial charge in [-0.05, 0) is 18.7 Å². The van der Waals surface area contributed by atoms with Crippen LogP contribution in [0.2, 0.25) is 4.34 Å². The molecule has 0 saturated carbocycles. The Morgan fingerprint density at radius 2 is 2.40 bits per heavy atom. The normalized spacial score (nSPS) is 10.8. The van der Waals surface area contributed by atoms with E-state index in [0.717, 1.165) is 28.0 Å². The summed E-state index contributed by atoms with van der Waals surface area (Å²) in [6.45, 7) is 3.71. The molecule has 0 unspecified atom stereocenters. The Hall–Kier alpha value is -0.840. The van der Waals surface area contributed by atoms with Crippen LogP contribution in [0.3, 0.4) is 0 Å². The monoisotopic (exact) mass is 242 g/mol. The Morgan fingerprint density at radius 1 is 1.53 bits per heavy atom. The van der Waals surface area contributed by atoms with Crippen molar-refractivity contribution in [2.24, 2.45) is 0 Å². The summed E-state index contributed by atoms with van der Waals surface area (Å²) in [5.74, 6) is 0.639. The maximum atomic E-state index is 5.84. The molecule has 0 aliphatic heterocycles. The van der Waals surface area contributed by atoms with Gasteiger partial charge >= 0.3 is 0 Å². The fourth-order valence-electron chi connectivity index (χ4n) is 1.18. The average Bonchev–Trinajstić information content (AvgIpc) is 2.83. The van der Waals surface area contributed by atoms with Crippen molar-refractivity contribution in [3.8, 4) is 10.8 Å². The van der Waals surface area contributed by atoms with Gasteiger partial charge in [0, 0.05) is 6.54 Å². The summed E-state index contributed by atoms with van der Waals surface area (Å²) in [6.07, 6.45) is 1.67. The van der Waals surface area contributed by atoms with E-state index < -0.39 is 0 Å². The number of halogens is 1. The first-order valence-electron chi connectivity index (χ1n) is 4.70. The van der Waals surface area contributed by atoms with Crippen LogP contribution in [0.4, 0.5) is 0 Å². The van der Waals surface area contributed by atoms with E-state index in [9.17, 15) is 0 Å². The van der Waals surface area contributed by atoms with E-state index in [-0.39, 0.29) is 0 Å². The van der Waals surface area contributed by atoms with E-state index in [2.05, 4.69) is 17.2 Å². The van der Waals surface area contributed by atoms with Gasteiger partial charge in [-0.3, -0.25) is 0 Å². The zero-order valence-corrected chi connectivity index (χ0v) is 9.86. The third-order valence-corrected chi connectivity index (χ3v) is 3.11. The SMILES string of the molecule is CCNCc1coc(-c2ccc(Cl)s2)n1. The van der Waals surface area contributed by atoms with Gasteiger partial charge < -0.3 is 9.73 Å². The molecular formula is C10H11ClN2OS. The molecule has 2 heterocycles. The maximum absolute atomic E-state index is 5.84. The quantitative estimate of drug-likeness (QED) is 0.895. The van der Waals surface area contributed by atoms with Crippen LogP contribution >= 0.6 is 22.9 Å². The van der Waals surface area contributed by atoms with Gasteiger partial charge in [-0.25, -0.2) is 4.98 Å². The third kappa shape index (κ3) is 2.59. The molecular weight excluding hydrogens is 232 g/mol. The molecule has 3 nitrogen and oxygen atoms in total. The molecule has 0 fully saturated rings. The molecule has 0 aliphatic carbocycles. The summed E-state index contributed by atoms with van der Waals surface area (Å²) in [6, 6.07) is 3.76. The van der Waals surface area contributed by atoms with Gasteiger partial charge in [-0.15, -0.1) is 11.3 Å². The predicted molar refractivity (Wildman–Crippen MR) is 62.2 cm³/mol. The summed E-state index contributed by atoms with van der Waals surface area (Å²) in [5, 5.41) is 3.19. The van der Waals surface area contributed by atoms with E-state index in [1.54, 1.807) is 6.26 Å². The fourth-order valence-corrected chi connectivity index (χ4v) is 2.16. The highest BCUT2D eigenvalue weighted by atomic mass is 35.5. The van der Waals surface area contributed by atoms with E-state index in [0.29, 0.717) is 5.89 Å². The Morgan fingerprint density at radius 3 is 3.07 bits per heavy atom. The number of rotatable bonds is 4. The largest absolute Gasteiger partial charge is 0.444 e. The molecule has 5 heteroatoms. The zero-order valence-electron chi connectivity index (χ0n) is 8.29. The smallest absolute Gasteiger partial charge is 0.236 e. The highest BCUT2D eigenvalue weighted by Gasteiger charge is 2.08. The number of hydrogen-bond acceptors (Lipinski definition) is 4. The number of thiophene rings is 1. The molecule has 1 N–H and O–H groups in total. The van der Waals surface area contributed by atoms with Gasteiger partial charge in [0.25, 0.3) is 0 Å². The van der Waals surface area contributed by atoms with Crippen LogP contribution in [0, 0.1) is 0 Å². The van der Waals surface area contributed by atoms with E-state index >= 15 is 0 Å². The van der Waals surface area contributed by atoms with Gasteiger partial charge in [0.1, 0.15) is 6.26 Å². The Bertz CT molecular complexity index is 438. The topological polar surface area (TPSA) is 38.1 Å². The minimum atomic E-state index is 0.639. The van der Waals surface area contributed by atoms with Crippen molar-refractivity contribution in [3.05, 3.63) is 28.4 Å². The van der Waals surface area contributed by atoms with Crippen molar-refractivity contribution in [2.75, 3.05) is 6.54 Å². The molecule has 0 aromatic carbocycles. The van der Waals surface area contributed by atoms with Crippen LogP contribution in [-0.2, 0) is 6.54 Å². The van der Waals surface area contributed by atoms with Crippen LogP contribution in [0.25, 0.3) is 10.8 Å². The fraction of sp³-hybridized carbons (Fsp3) is 0.300. The van der Waals surface area contributed by atoms with Crippen LogP contribution < -0.4 is 5.32 Å². The Labute approximate surface area is 97.1 Å². The lowest BCUT2D eigenvalue weighted by Crippen LogP contribution is -2.11. The highest BCUT2D eigenvalue weighted by molar-refractivity contribution is 7.19. The van der Waals surface area contributed by atoms with Gasteiger partial charge in [0.15, 0.2) is 0 Å². The zero-order chi connectivity index (χ0) is 10.7. The van der Waals surface area contributed by atoms with Crippen molar-refractivity contribution in [1.82, 2.24) is 10.3 Å². The van der Waals surface area contributed by atoms with Crippen molar-refractivity contribution in [1.29, 1.82) is 0 Å². The standard InChI is InChI=1S/C10H11ClN2OS/c1-2-12-5-7-6-14-10(13-7)8-3-4-9(11)15-8/h3-4,6,12H,2,5H2,1H3. The van der Waals surface area contributed by atoms with Crippen LogP contribution in [-0.4, -0.2) is 11.5 Å². The Kier molecular flexibility index (Phi) is 3.41. The summed E-state index contributed by atoms with van der Waals surface area (Å²) < 4.78 is 6.11. The van der Waals surface area contributed by atoms with Gasteiger partial charge in [-0.1, -0.05) is 18.5 Å². The molecule has 0 radical (unpaired) electrons. The van der Waals surface area contributed by atoms with Crippen molar-refractivity contribution in [3.63, 3.8) is 0 Å². The molecule has 2 aromatic heterocycles. The molecule has 0 atom stereocenters. The second-order valence-electron chi connectivity index (χ2n) is 3.03. The molecule has 2 aromatic rings. The molecule has 0 aliphatic rings. The number of nitrogens with zero attached hydrogens (tertiary/aromatic N) is 1. The second-order valence-corrected chi connectivity index (χ2v) is 4.74. The van der Waals surface area contributed by atoms with Crippen LogP contribution in [0.5, 0.6) is 0 Å². The lowest BCUT2D eigenvalue weighted by molar-refractivity contribution is 0.572. The van der Waals surface area contributed by atoms with Gasteiger partial charge in [0.05, 0.1) is 14.9 Å². The van der Waals surface area contributed by atoms with E-state index in [4.69, 9.17) is 16.0 Å². The average molecular weight is 243 g/mol. The second kappa shape index (κ2) is 4.79. The van der Waals surface area contributed by atoms with E-state index in [1.165, 1.54) is 11.3 Å². The molecule has 80 valence electrons. The minimum Gasteiger partial charge on any atom is -0.444 e. The first-order chi connectivity index (χ1) is 7.29. The van der Waals surface area contributed by atoms with Gasteiger partial charge in [-0.2, -0.15) is 0 Å². The summed E-state index contributed by atoms with van der Waals surface area (Å²) >= 11 is 7.30. The predicted octanol–water partition coefficient (Wildman–Crippen LogP) is 3.17. The molecule has 2 rings (SSSR count). The number of oxazole rings is 1.